The molecule has 2 atom stereocenters. The van der Waals surface area contributed by atoms with E-state index in [1.54, 1.807) is 0 Å². The summed E-state index contributed by atoms with van der Waals surface area (Å²) in [5, 5.41) is 0. The molecule has 15 heavy (non-hydrogen) atoms. The Hall–Kier alpha value is -0.960. The molecule has 1 nitrogen and oxygen atoms in total. The van der Waals surface area contributed by atoms with Crippen molar-refractivity contribution in [2.45, 2.75) is 38.6 Å². The summed E-state index contributed by atoms with van der Waals surface area (Å²) in [5.41, 5.74) is 6.06. The van der Waals surface area contributed by atoms with Crippen LogP contribution in [0.3, 0.4) is 0 Å². The van der Waals surface area contributed by atoms with Crippen LogP contribution in [0.15, 0.2) is 18.2 Å². The lowest BCUT2D eigenvalue weighted by molar-refractivity contribution is 0.527. The summed E-state index contributed by atoms with van der Waals surface area (Å²) >= 11 is 0. The van der Waals surface area contributed by atoms with Crippen molar-refractivity contribution < 1.29 is 8.78 Å². The minimum atomic E-state index is -0.390. The highest BCUT2D eigenvalue weighted by molar-refractivity contribution is 5.22. The van der Waals surface area contributed by atoms with Crippen molar-refractivity contribution in [3.8, 4) is 0 Å². The van der Waals surface area contributed by atoms with Crippen LogP contribution in [0.4, 0.5) is 8.78 Å². The molecular formula is C12H17F2N. The second-order valence-corrected chi connectivity index (χ2v) is 4.12. The molecule has 0 saturated heterocycles. The third-order valence-corrected chi connectivity index (χ3v) is 2.54. The van der Waals surface area contributed by atoms with E-state index < -0.39 is 0 Å². The molecule has 0 fully saturated rings. The molecule has 0 aliphatic heterocycles. The highest BCUT2D eigenvalue weighted by Gasteiger charge is 2.12. The van der Waals surface area contributed by atoms with Crippen molar-refractivity contribution in [3.05, 3.63) is 35.4 Å². The Morgan fingerprint density at radius 2 is 1.87 bits per heavy atom. The van der Waals surface area contributed by atoms with E-state index in [-0.39, 0.29) is 23.6 Å². The molecule has 84 valence electrons. The monoisotopic (exact) mass is 213 g/mol. The van der Waals surface area contributed by atoms with Gasteiger partial charge in [0.05, 0.1) is 0 Å². The Bertz CT molecular complexity index is 323. The molecule has 2 unspecified atom stereocenters. The van der Waals surface area contributed by atoms with E-state index in [1.807, 2.05) is 13.8 Å². The van der Waals surface area contributed by atoms with Crippen LogP contribution in [-0.2, 0) is 0 Å². The number of rotatable bonds is 4. The van der Waals surface area contributed by atoms with Crippen LogP contribution in [0, 0.1) is 11.6 Å². The molecule has 1 aromatic carbocycles. The summed E-state index contributed by atoms with van der Waals surface area (Å²) in [5.74, 6) is -0.723. The van der Waals surface area contributed by atoms with Crippen LogP contribution in [0.1, 0.15) is 38.2 Å². The van der Waals surface area contributed by atoms with Crippen LogP contribution >= 0.6 is 0 Å². The first-order chi connectivity index (χ1) is 7.00. The van der Waals surface area contributed by atoms with Gasteiger partial charge in [0.2, 0.25) is 0 Å². The lowest BCUT2D eigenvalue weighted by atomic mass is 9.94. The fourth-order valence-electron chi connectivity index (χ4n) is 1.56. The van der Waals surface area contributed by atoms with E-state index in [0.29, 0.717) is 5.56 Å². The van der Waals surface area contributed by atoms with Gasteiger partial charge < -0.3 is 5.73 Å². The van der Waals surface area contributed by atoms with E-state index in [0.717, 1.165) is 18.9 Å². The van der Waals surface area contributed by atoms with Crippen molar-refractivity contribution in [1.82, 2.24) is 0 Å². The molecule has 0 saturated carbocycles. The number of benzene rings is 1. The van der Waals surface area contributed by atoms with E-state index in [1.165, 1.54) is 12.1 Å². The van der Waals surface area contributed by atoms with Crippen molar-refractivity contribution in [3.63, 3.8) is 0 Å². The van der Waals surface area contributed by atoms with Crippen LogP contribution in [0.2, 0.25) is 0 Å². The molecule has 0 spiro atoms. The Balaban J connectivity index is 2.72. The maximum atomic E-state index is 13.3. The average Bonchev–Trinajstić information content (AvgIpc) is 2.18. The van der Waals surface area contributed by atoms with Crippen LogP contribution < -0.4 is 5.73 Å². The number of hydrogen-bond acceptors (Lipinski definition) is 1. The van der Waals surface area contributed by atoms with E-state index in [2.05, 4.69) is 0 Å². The highest BCUT2D eigenvalue weighted by atomic mass is 19.1. The molecule has 2 N–H and O–H groups in total. The number of halogens is 2. The van der Waals surface area contributed by atoms with Gasteiger partial charge in [0.1, 0.15) is 11.6 Å². The molecule has 0 amide bonds. The lowest BCUT2D eigenvalue weighted by Crippen LogP contribution is -2.15. The lowest BCUT2D eigenvalue weighted by Gasteiger charge is -2.14. The Morgan fingerprint density at radius 1 is 1.20 bits per heavy atom. The number of nitrogens with two attached hydrogens (primary N) is 1. The minimum Gasteiger partial charge on any atom is -0.328 e. The van der Waals surface area contributed by atoms with E-state index in [4.69, 9.17) is 5.73 Å². The van der Waals surface area contributed by atoms with Gasteiger partial charge in [-0.25, -0.2) is 8.78 Å². The molecule has 0 bridgehead atoms. The first-order valence-corrected chi connectivity index (χ1v) is 5.21. The van der Waals surface area contributed by atoms with Gasteiger partial charge in [-0.2, -0.15) is 0 Å². The smallest absolute Gasteiger partial charge is 0.126 e. The first kappa shape index (κ1) is 12.1. The topological polar surface area (TPSA) is 26.0 Å². The summed E-state index contributed by atoms with van der Waals surface area (Å²) in [4.78, 5) is 0. The van der Waals surface area contributed by atoms with Gasteiger partial charge in [-0.3, -0.25) is 0 Å². The zero-order valence-corrected chi connectivity index (χ0v) is 9.13. The van der Waals surface area contributed by atoms with Gasteiger partial charge in [-0.1, -0.05) is 6.92 Å². The molecular weight excluding hydrogens is 196 g/mol. The van der Waals surface area contributed by atoms with Gasteiger partial charge in [0, 0.05) is 6.04 Å². The number of hydrogen-bond donors (Lipinski definition) is 1. The summed E-state index contributed by atoms with van der Waals surface area (Å²) in [6.45, 7) is 3.80. The zero-order chi connectivity index (χ0) is 11.4. The molecule has 0 aliphatic rings. The molecule has 0 aromatic heterocycles. The molecule has 0 aliphatic carbocycles. The Labute approximate surface area is 89.3 Å². The molecule has 1 rings (SSSR count). The minimum absolute atomic E-state index is 0.00620. The average molecular weight is 213 g/mol. The fourth-order valence-corrected chi connectivity index (χ4v) is 1.56. The largest absolute Gasteiger partial charge is 0.328 e. The third-order valence-electron chi connectivity index (χ3n) is 2.54. The van der Waals surface area contributed by atoms with E-state index >= 15 is 0 Å². The van der Waals surface area contributed by atoms with Crippen LogP contribution in [0.5, 0.6) is 0 Å². The summed E-state index contributed by atoms with van der Waals surface area (Å²) in [6.07, 6.45) is 1.59. The van der Waals surface area contributed by atoms with Gasteiger partial charge in [0.15, 0.2) is 0 Å². The van der Waals surface area contributed by atoms with E-state index in [9.17, 15) is 8.78 Å². The maximum absolute atomic E-state index is 13.3. The Kier molecular flexibility index (Phi) is 4.21. The SMILES string of the molecule is CC(N)CCC(C)c1cc(F)ccc1F. The predicted molar refractivity (Wildman–Crippen MR) is 57.7 cm³/mol. The summed E-state index contributed by atoms with van der Waals surface area (Å²) < 4.78 is 26.3. The maximum Gasteiger partial charge on any atom is 0.126 e. The van der Waals surface area contributed by atoms with Crippen LogP contribution in [-0.4, -0.2) is 6.04 Å². The normalized spacial score (nSPS) is 15.0. The van der Waals surface area contributed by atoms with Gasteiger partial charge in [-0.05, 0) is 49.4 Å². The molecule has 3 heteroatoms. The second kappa shape index (κ2) is 5.21. The molecule has 0 radical (unpaired) electrons. The highest BCUT2D eigenvalue weighted by Crippen LogP contribution is 2.24. The standard InChI is InChI=1S/C12H17F2N/c1-8(3-4-9(2)15)11-7-10(13)5-6-12(11)14/h5-9H,3-4,15H2,1-2H3. The van der Waals surface area contributed by atoms with Gasteiger partial charge >= 0.3 is 0 Å². The molecule has 1 aromatic rings. The van der Waals surface area contributed by atoms with Crippen molar-refractivity contribution in [2.75, 3.05) is 0 Å². The molecule has 0 heterocycles. The van der Waals surface area contributed by atoms with Gasteiger partial charge in [0.25, 0.3) is 0 Å². The summed E-state index contributed by atoms with van der Waals surface area (Å²) in [6, 6.07) is 3.68. The second-order valence-electron chi connectivity index (χ2n) is 4.12. The quantitative estimate of drug-likeness (QED) is 0.816. The fraction of sp³-hybridized carbons (Fsp3) is 0.500. The van der Waals surface area contributed by atoms with Crippen molar-refractivity contribution >= 4 is 0 Å². The first-order valence-electron chi connectivity index (χ1n) is 5.21. The van der Waals surface area contributed by atoms with Gasteiger partial charge in [-0.15, -0.1) is 0 Å². The van der Waals surface area contributed by atoms with Crippen molar-refractivity contribution in [1.29, 1.82) is 0 Å². The predicted octanol–water partition coefficient (Wildman–Crippen LogP) is 3.20. The Morgan fingerprint density at radius 3 is 2.47 bits per heavy atom. The van der Waals surface area contributed by atoms with Crippen molar-refractivity contribution in [2.24, 2.45) is 5.73 Å². The van der Waals surface area contributed by atoms with Crippen LogP contribution in [0.25, 0.3) is 0 Å². The third kappa shape index (κ3) is 3.59. The summed E-state index contributed by atoms with van der Waals surface area (Å²) in [7, 11) is 0. The zero-order valence-electron chi connectivity index (χ0n) is 9.13.